The van der Waals surface area contributed by atoms with Crippen molar-refractivity contribution in [3.63, 3.8) is 0 Å². The van der Waals surface area contributed by atoms with Crippen LogP contribution >= 0.6 is 0 Å². The van der Waals surface area contributed by atoms with Crippen LogP contribution in [0.2, 0.25) is 0 Å². The zero-order chi connectivity index (χ0) is 9.97. The van der Waals surface area contributed by atoms with Gasteiger partial charge in [0.05, 0.1) is 6.10 Å². The van der Waals surface area contributed by atoms with Gasteiger partial charge in [-0.2, -0.15) is 0 Å². The predicted octanol–water partition coefficient (Wildman–Crippen LogP) is 1.30. The van der Waals surface area contributed by atoms with E-state index in [0.717, 1.165) is 5.56 Å². The first-order chi connectivity index (χ1) is 6.81. The number of ether oxygens (including phenoxy) is 2. The van der Waals surface area contributed by atoms with E-state index >= 15 is 0 Å². The molecule has 0 amide bonds. The van der Waals surface area contributed by atoms with Crippen molar-refractivity contribution in [2.75, 3.05) is 13.2 Å². The van der Waals surface area contributed by atoms with Gasteiger partial charge in [0.1, 0.15) is 13.2 Å². The van der Waals surface area contributed by atoms with Gasteiger partial charge in [-0.1, -0.05) is 6.92 Å². The Hall–Kier alpha value is -1.29. The van der Waals surface area contributed by atoms with Gasteiger partial charge in [0.25, 0.3) is 5.88 Å². The summed E-state index contributed by atoms with van der Waals surface area (Å²) >= 11 is 0. The highest BCUT2D eigenvalue weighted by Crippen LogP contribution is 2.30. The van der Waals surface area contributed by atoms with E-state index in [2.05, 4.69) is 4.98 Å². The molecular formula is C10H13NO3. The number of hydrogen-bond acceptors (Lipinski definition) is 4. The van der Waals surface area contributed by atoms with E-state index in [1.54, 1.807) is 12.3 Å². The SMILES string of the molecule is CCC(O)c1cnc2c(c1)OCCO2. The number of aliphatic hydroxyl groups is 1. The zero-order valence-corrected chi connectivity index (χ0v) is 8.06. The van der Waals surface area contributed by atoms with Gasteiger partial charge in [-0.3, -0.25) is 0 Å². The number of fused-ring (bicyclic) bond motifs is 1. The molecule has 76 valence electrons. The maximum atomic E-state index is 9.59. The van der Waals surface area contributed by atoms with Gasteiger partial charge < -0.3 is 14.6 Å². The Bertz CT molecular complexity index is 327. The predicted molar refractivity (Wildman–Crippen MR) is 50.5 cm³/mol. The maximum absolute atomic E-state index is 9.59. The van der Waals surface area contributed by atoms with Crippen molar-refractivity contribution in [3.05, 3.63) is 17.8 Å². The van der Waals surface area contributed by atoms with Crippen LogP contribution in [0.15, 0.2) is 12.3 Å². The van der Waals surface area contributed by atoms with Gasteiger partial charge in [-0.15, -0.1) is 0 Å². The number of nitrogens with zero attached hydrogens (tertiary/aromatic N) is 1. The van der Waals surface area contributed by atoms with Crippen molar-refractivity contribution in [1.29, 1.82) is 0 Å². The van der Waals surface area contributed by atoms with E-state index in [9.17, 15) is 5.11 Å². The number of aromatic nitrogens is 1. The molecule has 1 aliphatic rings. The molecule has 0 spiro atoms. The molecule has 0 radical (unpaired) electrons. The normalized spacial score (nSPS) is 16.4. The fourth-order valence-electron chi connectivity index (χ4n) is 1.37. The molecule has 1 N–H and O–H groups in total. The van der Waals surface area contributed by atoms with Crippen molar-refractivity contribution in [1.82, 2.24) is 4.98 Å². The summed E-state index contributed by atoms with van der Waals surface area (Å²) in [7, 11) is 0. The summed E-state index contributed by atoms with van der Waals surface area (Å²) < 4.78 is 10.6. The Kier molecular flexibility index (Phi) is 2.54. The minimum Gasteiger partial charge on any atom is -0.484 e. The molecule has 0 bridgehead atoms. The summed E-state index contributed by atoms with van der Waals surface area (Å²) in [4.78, 5) is 4.08. The second kappa shape index (κ2) is 3.84. The summed E-state index contributed by atoms with van der Waals surface area (Å²) in [6, 6.07) is 1.79. The average molecular weight is 195 g/mol. The molecule has 2 heterocycles. The highest BCUT2D eigenvalue weighted by Gasteiger charge is 2.15. The molecular weight excluding hydrogens is 182 g/mol. The van der Waals surface area contributed by atoms with Crippen LogP contribution < -0.4 is 9.47 Å². The molecule has 1 unspecified atom stereocenters. The average Bonchev–Trinajstić information content (AvgIpc) is 2.27. The highest BCUT2D eigenvalue weighted by atomic mass is 16.6. The third-order valence-corrected chi connectivity index (χ3v) is 2.19. The Labute approximate surface area is 82.5 Å². The smallest absolute Gasteiger partial charge is 0.257 e. The van der Waals surface area contributed by atoms with Crippen LogP contribution in [-0.2, 0) is 0 Å². The molecule has 0 fully saturated rings. The van der Waals surface area contributed by atoms with Gasteiger partial charge in [0.2, 0.25) is 0 Å². The fourth-order valence-corrected chi connectivity index (χ4v) is 1.37. The summed E-state index contributed by atoms with van der Waals surface area (Å²) in [5.74, 6) is 1.14. The molecule has 0 saturated heterocycles. The van der Waals surface area contributed by atoms with E-state index in [0.29, 0.717) is 31.3 Å². The summed E-state index contributed by atoms with van der Waals surface area (Å²) in [5, 5.41) is 9.59. The Morgan fingerprint density at radius 3 is 3.07 bits per heavy atom. The van der Waals surface area contributed by atoms with Crippen LogP contribution in [0, 0.1) is 0 Å². The Morgan fingerprint density at radius 2 is 2.29 bits per heavy atom. The fraction of sp³-hybridized carbons (Fsp3) is 0.500. The van der Waals surface area contributed by atoms with Crippen molar-refractivity contribution in [3.8, 4) is 11.6 Å². The van der Waals surface area contributed by atoms with Crippen LogP contribution in [0.4, 0.5) is 0 Å². The van der Waals surface area contributed by atoms with E-state index in [1.165, 1.54) is 0 Å². The van der Waals surface area contributed by atoms with Crippen LogP contribution in [-0.4, -0.2) is 23.3 Å². The summed E-state index contributed by atoms with van der Waals surface area (Å²) in [5.41, 5.74) is 0.775. The Balaban J connectivity index is 2.29. The minimum atomic E-state index is -0.474. The number of aliphatic hydroxyl groups excluding tert-OH is 1. The van der Waals surface area contributed by atoms with Crippen LogP contribution in [0.5, 0.6) is 11.6 Å². The first-order valence-electron chi connectivity index (χ1n) is 4.75. The summed E-state index contributed by atoms with van der Waals surface area (Å²) in [6.07, 6.45) is 1.82. The number of pyridine rings is 1. The molecule has 1 atom stereocenters. The lowest BCUT2D eigenvalue weighted by atomic mass is 10.1. The molecule has 14 heavy (non-hydrogen) atoms. The molecule has 1 aliphatic heterocycles. The third kappa shape index (κ3) is 1.65. The summed E-state index contributed by atoms with van der Waals surface area (Å²) in [6.45, 7) is 3.00. The van der Waals surface area contributed by atoms with E-state index < -0.39 is 6.10 Å². The van der Waals surface area contributed by atoms with Crippen molar-refractivity contribution in [2.24, 2.45) is 0 Å². The van der Waals surface area contributed by atoms with Gasteiger partial charge in [0, 0.05) is 11.8 Å². The quantitative estimate of drug-likeness (QED) is 0.772. The molecule has 1 aromatic rings. The number of rotatable bonds is 2. The van der Waals surface area contributed by atoms with Crippen molar-refractivity contribution >= 4 is 0 Å². The molecule has 0 saturated carbocycles. The highest BCUT2D eigenvalue weighted by molar-refractivity contribution is 5.37. The first kappa shape index (κ1) is 9.27. The molecule has 4 nitrogen and oxygen atoms in total. The van der Waals surface area contributed by atoms with Gasteiger partial charge in [0.15, 0.2) is 5.75 Å². The second-order valence-electron chi connectivity index (χ2n) is 3.19. The molecule has 0 aliphatic carbocycles. The topological polar surface area (TPSA) is 51.6 Å². The molecule has 0 aromatic carbocycles. The Morgan fingerprint density at radius 1 is 1.50 bits per heavy atom. The van der Waals surface area contributed by atoms with Crippen LogP contribution in [0.25, 0.3) is 0 Å². The van der Waals surface area contributed by atoms with E-state index in [-0.39, 0.29) is 0 Å². The van der Waals surface area contributed by atoms with Gasteiger partial charge in [-0.25, -0.2) is 4.98 Å². The van der Waals surface area contributed by atoms with Crippen molar-refractivity contribution in [2.45, 2.75) is 19.4 Å². The monoisotopic (exact) mass is 195 g/mol. The maximum Gasteiger partial charge on any atom is 0.257 e. The third-order valence-electron chi connectivity index (χ3n) is 2.19. The zero-order valence-electron chi connectivity index (χ0n) is 8.06. The molecule has 4 heteroatoms. The lowest BCUT2D eigenvalue weighted by Gasteiger charge is -2.18. The first-order valence-corrected chi connectivity index (χ1v) is 4.75. The van der Waals surface area contributed by atoms with Gasteiger partial charge in [-0.05, 0) is 12.5 Å². The lowest BCUT2D eigenvalue weighted by Crippen LogP contribution is -2.16. The van der Waals surface area contributed by atoms with Crippen molar-refractivity contribution < 1.29 is 14.6 Å². The number of hydrogen-bond donors (Lipinski definition) is 1. The van der Waals surface area contributed by atoms with Crippen LogP contribution in [0.1, 0.15) is 25.0 Å². The molecule has 1 aromatic heterocycles. The molecule has 2 rings (SSSR count). The minimum absolute atomic E-state index is 0.474. The van der Waals surface area contributed by atoms with Gasteiger partial charge >= 0.3 is 0 Å². The second-order valence-corrected chi connectivity index (χ2v) is 3.19. The van der Waals surface area contributed by atoms with E-state index in [4.69, 9.17) is 9.47 Å². The van der Waals surface area contributed by atoms with Crippen LogP contribution in [0.3, 0.4) is 0 Å². The lowest BCUT2D eigenvalue weighted by molar-refractivity contribution is 0.156. The van der Waals surface area contributed by atoms with E-state index in [1.807, 2.05) is 6.92 Å². The largest absolute Gasteiger partial charge is 0.484 e. The standard InChI is InChI=1S/C10H13NO3/c1-2-8(12)7-5-9-10(11-6-7)14-4-3-13-9/h5-6,8,12H,2-4H2,1H3.